The monoisotopic (exact) mass is 494 g/mol. The molecule has 2 atom stereocenters. The van der Waals surface area contributed by atoms with E-state index >= 15 is 0 Å². The minimum atomic E-state index is -0.388. The molecule has 0 aromatic heterocycles. The van der Waals surface area contributed by atoms with Gasteiger partial charge in [0.1, 0.15) is 17.3 Å². The van der Waals surface area contributed by atoms with Crippen LogP contribution in [0.25, 0.3) is 0 Å². The average molecular weight is 495 g/mol. The second-order valence-electron chi connectivity index (χ2n) is 9.14. The number of amides is 2. The summed E-state index contributed by atoms with van der Waals surface area (Å²) in [4.78, 5) is 30.0. The molecule has 4 aromatic carbocycles. The molecule has 186 valence electrons. The van der Waals surface area contributed by atoms with Crippen LogP contribution in [-0.4, -0.2) is 17.9 Å². The highest BCUT2D eigenvalue weighted by atomic mass is 19.1. The number of carbonyl (C=O) groups excluding carboxylic acids is 2. The molecule has 5 nitrogen and oxygen atoms in total. The lowest BCUT2D eigenvalue weighted by Crippen LogP contribution is -2.47. The Bertz CT molecular complexity index is 1400. The van der Waals surface area contributed by atoms with E-state index < -0.39 is 0 Å². The zero-order valence-corrected chi connectivity index (χ0v) is 20.7. The van der Waals surface area contributed by atoms with Gasteiger partial charge in [-0.1, -0.05) is 36.4 Å². The Hall–Kier alpha value is -4.45. The minimum absolute atomic E-state index is 0.0953. The van der Waals surface area contributed by atoms with Gasteiger partial charge in [-0.3, -0.25) is 9.59 Å². The summed E-state index contributed by atoms with van der Waals surface area (Å²) in [6.07, 6.45) is 0.547. The number of nitrogens with zero attached hydrogens (tertiary/aromatic N) is 2. The molecule has 1 aliphatic rings. The van der Waals surface area contributed by atoms with Crippen LogP contribution in [-0.2, 0) is 4.79 Å². The highest BCUT2D eigenvalue weighted by Gasteiger charge is 2.38. The van der Waals surface area contributed by atoms with Gasteiger partial charge >= 0.3 is 0 Å². The molecule has 0 spiro atoms. The molecule has 0 bridgehead atoms. The van der Waals surface area contributed by atoms with Crippen molar-refractivity contribution in [1.82, 2.24) is 0 Å². The molecule has 0 saturated carbocycles. The van der Waals surface area contributed by atoms with Crippen molar-refractivity contribution in [3.05, 3.63) is 120 Å². The number of anilines is 2. The van der Waals surface area contributed by atoms with Crippen LogP contribution in [0.1, 0.15) is 42.2 Å². The number of fused-ring (bicyclic) bond motifs is 1. The van der Waals surface area contributed by atoms with E-state index in [9.17, 15) is 14.0 Å². The summed E-state index contributed by atoms with van der Waals surface area (Å²) in [6.45, 7) is 3.52. The van der Waals surface area contributed by atoms with E-state index in [1.165, 1.54) is 24.3 Å². The summed E-state index contributed by atoms with van der Waals surface area (Å²) in [7, 11) is 0. The van der Waals surface area contributed by atoms with Crippen molar-refractivity contribution in [3.63, 3.8) is 0 Å². The van der Waals surface area contributed by atoms with Crippen molar-refractivity contribution >= 4 is 23.2 Å². The van der Waals surface area contributed by atoms with Crippen LogP contribution in [0.3, 0.4) is 0 Å². The van der Waals surface area contributed by atoms with Gasteiger partial charge in [-0.15, -0.1) is 0 Å². The molecule has 0 saturated heterocycles. The molecular weight excluding hydrogens is 467 g/mol. The smallest absolute Gasteiger partial charge is 0.258 e. The van der Waals surface area contributed by atoms with Crippen molar-refractivity contribution in [1.29, 1.82) is 0 Å². The number of carbonyl (C=O) groups is 2. The lowest BCUT2D eigenvalue weighted by atomic mass is 9.89. The molecule has 2 amide bonds. The number of hydrogen-bond donors (Lipinski definition) is 0. The predicted octanol–water partition coefficient (Wildman–Crippen LogP) is 7.15. The number of para-hydroxylation sites is 2. The molecule has 1 heterocycles. The molecule has 37 heavy (non-hydrogen) atoms. The van der Waals surface area contributed by atoms with Crippen molar-refractivity contribution in [2.75, 3.05) is 9.80 Å². The molecule has 0 N–H and O–H groups in total. The van der Waals surface area contributed by atoms with Gasteiger partial charge in [0.05, 0.1) is 6.04 Å². The van der Waals surface area contributed by atoms with Gasteiger partial charge in [-0.25, -0.2) is 4.39 Å². The quantitative estimate of drug-likeness (QED) is 0.296. The molecule has 6 heteroatoms. The van der Waals surface area contributed by atoms with Gasteiger partial charge in [-0.2, -0.15) is 0 Å². The van der Waals surface area contributed by atoms with Crippen LogP contribution >= 0.6 is 0 Å². The Morgan fingerprint density at radius 3 is 2.14 bits per heavy atom. The maximum absolute atomic E-state index is 13.5. The van der Waals surface area contributed by atoms with Gasteiger partial charge in [0.2, 0.25) is 5.91 Å². The van der Waals surface area contributed by atoms with E-state index in [2.05, 4.69) is 0 Å². The number of rotatable bonds is 5. The van der Waals surface area contributed by atoms with Crippen molar-refractivity contribution in [2.24, 2.45) is 0 Å². The molecular formula is C31H27FN2O3. The standard InChI is InChI=1S/C31H27FN2O3/c1-21-20-30(28-10-6-7-11-29(28)33(21)31(36)23-12-14-24(32)15-13-23)34(22(2)35)25-16-18-27(19-17-25)37-26-8-4-3-5-9-26/h3-19,21,30H,20H2,1-2H3. The predicted molar refractivity (Wildman–Crippen MR) is 143 cm³/mol. The van der Waals surface area contributed by atoms with E-state index in [0.29, 0.717) is 17.7 Å². The zero-order chi connectivity index (χ0) is 25.9. The Morgan fingerprint density at radius 2 is 1.46 bits per heavy atom. The van der Waals surface area contributed by atoms with Crippen LogP contribution < -0.4 is 14.5 Å². The normalized spacial score (nSPS) is 16.6. The molecule has 1 aliphatic heterocycles. The van der Waals surface area contributed by atoms with Crippen LogP contribution in [0.2, 0.25) is 0 Å². The fourth-order valence-corrected chi connectivity index (χ4v) is 4.95. The fraction of sp³-hybridized carbons (Fsp3) is 0.161. The third-order valence-electron chi connectivity index (χ3n) is 6.62. The number of benzene rings is 4. The number of hydrogen-bond acceptors (Lipinski definition) is 3. The van der Waals surface area contributed by atoms with Crippen molar-refractivity contribution in [3.8, 4) is 11.5 Å². The summed E-state index contributed by atoms with van der Waals surface area (Å²) >= 11 is 0. The molecule has 0 aliphatic carbocycles. The fourth-order valence-electron chi connectivity index (χ4n) is 4.95. The second-order valence-corrected chi connectivity index (χ2v) is 9.14. The third-order valence-corrected chi connectivity index (χ3v) is 6.62. The van der Waals surface area contributed by atoms with Crippen LogP contribution in [0.15, 0.2) is 103 Å². The van der Waals surface area contributed by atoms with E-state index in [0.717, 1.165) is 22.7 Å². The molecule has 4 aromatic rings. The highest BCUT2D eigenvalue weighted by molar-refractivity contribution is 6.07. The highest BCUT2D eigenvalue weighted by Crippen LogP contribution is 2.43. The van der Waals surface area contributed by atoms with Crippen molar-refractivity contribution < 1.29 is 18.7 Å². The van der Waals surface area contributed by atoms with Crippen LogP contribution in [0.4, 0.5) is 15.8 Å². The molecule has 5 rings (SSSR count). The van der Waals surface area contributed by atoms with E-state index in [-0.39, 0.29) is 29.7 Å². The lowest BCUT2D eigenvalue weighted by Gasteiger charge is -2.43. The summed E-state index contributed by atoms with van der Waals surface area (Å²) in [5.74, 6) is 0.727. The Kier molecular flexibility index (Phi) is 6.73. The van der Waals surface area contributed by atoms with E-state index in [4.69, 9.17) is 4.74 Å². The molecule has 0 fully saturated rings. The average Bonchev–Trinajstić information content (AvgIpc) is 2.90. The summed E-state index contributed by atoms with van der Waals surface area (Å²) < 4.78 is 19.4. The van der Waals surface area contributed by atoms with Gasteiger partial charge in [0, 0.05) is 29.9 Å². The van der Waals surface area contributed by atoms with Gasteiger partial charge in [-0.05, 0) is 85.6 Å². The van der Waals surface area contributed by atoms with Gasteiger partial charge < -0.3 is 14.5 Å². The Morgan fingerprint density at radius 1 is 0.838 bits per heavy atom. The lowest BCUT2D eigenvalue weighted by molar-refractivity contribution is -0.117. The first-order chi connectivity index (χ1) is 17.9. The first kappa shape index (κ1) is 24.3. The maximum atomic E-state index is 13.5. The summed E-state index contributed by atoms with van der Waals surface area (Å²) in [5.41, 5.74) is 2.80. The van der Waals surface area contributed by atoms with Gasteiger partial charge in [0.15, 0.2) is 0 Å². The second kappa shape index (κ2) is 10.3. The first-order valence-electron chi connectivity index (χ1n) is 12.2. The van der Waals surface area contributed by atoms with E-state index in [1.54, 1.807) is 16.7 Å². The SMILES string of the molecule is CC(=O)N(c1ccc(Oc2ccccc2)cc1)C1CC(C)N(C(=O)c2ccc(F)cc2)c2ccccc21. The Balaban J connectivity index is 1.47. The van der Waals surface area contributed by atoms with Gasteiger partial charge in [0.25, 0.3) is 5.91 Å². The van der Waals surface area contributed by atoms with Crippen LogP contribution in [0, 0.1) is 5.82 Å². The Labute approximate surface area is 215 Å². The van der Waals surface area contributed by atoms with E-state index in [1.807, 2.05) is 85.8 Å². The number of ether oxygens (including phenoxy) is 1. The topological polar surface area (TPSA) is 49.9 Å². The maximum Gasteiger partial charge on any atom is 0.258 e. The first-order valence-corrected chi connectivity index (χ1v) is 12.2. The summed E-state index contributed by atoms with van der Waals surface area (Å²) in [6, 6.07) is 29.7. The molecule has 2 unspecified atom stereocenters. The third kappa shape index (κ3) is 4.96. The summed E-state index contributed by atoms with van der Waals surface area (Å²) in [5, 5.41) is 0. The number of halogens is 1. The van der Waals surface area contributed by atoms with Crippen LogP contribution in [0.5, 0.6) is 11.5 Å². The molecule has 0 radical (unpaired) electrons. The zero-order valence-electron chi connectivity index (χ0n) is 20.7. The largest absolute Gasteiger partial charge is 0.457 e. The van der Waals surface area contributed by atoms with Crippen molar-refractivity contribution in [2.45, 2.75) is 32.4 Å². The minimum Gasteiger partial charge on any atom is -0.457 e.